The molecule has 0 saturated carbocycles. The fourth-order valence-electron chi connectivity index (χ4n) is 1.14. The van der Waals surface area contributed by atoms with E-state index in [1.807, 2.05) is 0 Å². The van der Waals surface area contributed by atoms with Crippen LogP contribution in [-0.2, 0) is 0 Å². The van der Waals surface area contributed by atoms with Crippen molar-refractivity contribution in [3.8, 4) is 0 Å². The van der Waals surface area contributed by atoms with Crippen LogP contribution in [0.25, 0.3) is 0 Å². The first-order valence-electron chi connectivity index (χ1n) is 5.46. The topological polar surface area (TPSA) is 83.8 Å². The van der Waals surface area contributed by atoms with E-state index in [2.05, 4.69) is 36.3 Å². The number of carbonyl (C=O) groups is 1. The van der Waals surface area contributed by atoms with Crippen LogP contribution in [0, 0.1) is 12.3 Å². The zero-order chi connectivity index (χ0) is 12.3. The molecule has 1 heterocycles. The number of aromatic amines is 1. The molecule has 4 N–H and O–H groups in total. The minimum Gasteiger partial charge on any atom is -0.395 e. The summed E-state index contributed by atoms with van der Waals surface area (Å²) in [6.45, 7) is 8.71. The lowest BCUT2D eigenvalue weighted by atomic mass is 9.90. The highest BCUT2D eigenvalue weighted by Gasteiger charge is 2.19. The Bertz CT molecular complexity index is 381. The summed E-state index contributed by atoms with van der Waals surface area (Å²) in [6.07, 6.45) is 1.00. The van der Waals surface area contributed by atoms with E-state index >= 15 is 0 Å². The molecule has 0 saturated heterocycles. The molecule has 1 rings (SSSR count). The summed E-state index contributed by atoms with van der Waals surface area (Å²) >= 11 is 0. The fraction of sp³-hybridized carbons (Fsp3) is 0.636. The van der Waals surface area contributed by atoms with E-state index in [-0.39, 0.29) is 17.0 Å². The van der Waals surface area contributed by atoms with Crippen LogP contribution >= 0.6 is 0 Å². The molecule has 0 radical (unpaired) electrons. The molecule has 5 nitrogen and oxygen atoms in total. The van der Waals surface area contributed by atoms with Crippen molar-refractivity contribution < 1.29 is 4.79 Å². The maximum Gasteiger partial charge on any atom is 0.273 e. The number of aromatic nitrogens is 2. The number of amides is 1. The van der Waals surface area contributed by atoms with E-state index in [1.165, 1.54) is 0 Å². The third kappa shape index (κ3) is 2.74. The molecule has 0 unspecified atom stereocenters. The van der Waals surface area contributed by atoms with Gasteiger partial charge in [-0.05, 0) is 18.8 Å². The summed E-state index contributed by atoms with van der Waals surface area (Å²) in [4.78, 5) is 11.8. The summed E-state index contributed by atoms with van der Waals surface area (Å²) < 4.78 is 0. The van der Waals surface area contributed by atoms with Gasteiger partial charge in [-0.3, -0.25) is 9.89 Å². The van der Waals surface area contributed by atoms with Crippen LogP contribution in [0.1, 0.15) is 43.4 Å². The molecule has 0 aliphatic carbocycles. The van der Waals surface area contributed by atoms with Gasteiger partial charge in [0.1, 0.15) is 0 Å². The van der Waals surface area contributed by atoms with E-state index in [0.717, 1.165) is 12.1 Å². The Morgan fingerprint density at radius 1 is 1.56 bits per heavy atom. The number of hydrogen-bond acceptors (Lipinski definition) is 3. The lowest BCUT2D eigenvalue weighted by Crippen LogP contribution is -2.34. The summed E-state index contributed by atoms with van der Waals surface area (Å²) in [6, 6.07) is 0. The monoisotopic (exact) mass is 224 g/mol. The minimum atomic E-state index is -0.219. The highest BCUT2D eigenvalue weighted by atomic mass is 16.1. The van der Waals surface area contributed by atoms with Gasteiger partial charge in [-0.2, -0.15) is 5.10 Å². The van der Waals surface area contributed by atoms with Crippen LogP contribution in [-0.4, -0.2) is 22.6 Å². The van der Waals surface area contributed by atoms with Crippen molar-refractivity contribution in [3.63, 3.8) is 0 Å². The highest BCUT2D eigenvalue weighted by Crippen LogP contribution is 2.18. The Kier molecular flexibility index (Phi) is 3.57. The second-order valence-electron chi connectivity index (χ2n) is 4.81. The van der Waals surface area contributed by atoms with Crippen LogP contribution < -0.4 is 11.1 Å². The van der Waals surface area contributed by atoms with Crippen LogP contribution in [0.5, 0.6) is 0 Å². The molecule has 0 bridgehead atoms. The number of H-pyrrole nitrogens is 1. The highest BCUT2D eigenvalue weighted by molar-refractivity contribution is 5.97. The normalized spacial score (nSPS) is 11.5. The van der Waals surface area contributed by atoms with Gasteiger partial charge in [0.15, 0.2) is 5.69 Å². The maximum atomic E-state index is 11.8. The molecule has 0 atom stereocenters. The zero-order valence-electron chi connectivity index (χ0n) is 10.3. The molecule has 0 fully saturated rings. The molecule has 0 aliphatic rings. The largest absolute Gasteiger partial charge is 0.395 e. The van der Waals surface area contributed by atoms with Gasteiger partial charge in [-0.25, -0.2) is 0 Å². The number of aryl methyl sites for hydroxylation is 1. The SMILES string of the molecule is CCC(C)(C)CNC(=O)c1n[nH]c(C)c1N. The van der Waals surface area contributed by atoms with Gasteiger partial charge < -0.3 is 11.1 Å². The number of rotatable bonds is 4. The van der Waals surface area contributed by atoms with Crippen molar-refractivity contribution in [2.24, 2.45) is 5.41 Å². The predicted octanol–water partition coefficient (Wildman–Crippen LogP) is 1.47. The lowest BCUT2D eigenvalue weighted by Gasteiger charge is -2.22. The molecule has 1 amide bonds. The first-order valence-corrected chi connectivity index (χ1v) is 5.46. The molecule has 90 valence electrons. The number of nitrogens with one attached hydrogen (secondary N) is 2. The summed E-state index contributed by atoms with van der Waals surface area (Å²) in [7, 11) is 0. The molecule has 5 heteroatoms. The fourth-order valence-corrected chi connectivity index (χ4v) is 1.14. The van der Waals surface area contributed by atoms with Crippen molar-refractivity contribution >= 4 is 11.6 Å². The second kappa shape index (κ2) is 4.55. The Labute approximate surface area is 95.8 Å². The van der Waals surface area contributed by atoms with Crippen LogP contribution in [0.2, 0.25) is 0 Å². The number of nitrogens with zero attached hydrogens (tertiary/aromatic N) is 1. The van der Waals surface area contributed by atoms with Gasteiger partial charge in [0.05, 0.1) is 11.4 Å². The van der Waals surface area contributed by atoms with Gasteiger partial charge >= 0.3 is 0 Å². The van der Waals surface area contributed by atoms with Crippen molar-refractivity contribution in [2.45, 2.75) is 34.1 Å². The van der Waals surface area contributed by atoms with Gasteiger partial charge in [0.25, 0.3) is 5.91 Å². The Hall–Kier alpha value is -1.52. The average Bonchev–Trinajstić information content (AvgIpc) is 2.57. The van der Waals surface area contributed by atoms with Gasteiger partial charge in [0.2, 0.25) is 0 Å². The van der Waals surface area contributed by atoms with E-state index in [9.17, 15) is 4.79 Å². The first-order chi connectivity index (χ1) is 7.37. The van der Waals surface area contributed by atoms with Gasteiger partial charge in [-0.1, -0.05) is 20.8 Å². The predicted molar refractivity (Wildman–Crippen MR) is 64.1 cm³/mol. The molecule has 0 aliphatic heterocycles. The van der Waals surface area contributed by atoms with Crippen molar-refractivity contribution in [1.82, 2.24) is 15.5 Å². The third-order valence-corrected chi connectivity index (χ3v) is 2.89. The van der Waals surface area contributed by atoms with Crippen LogP contribution in [0.15, 0.2) is 0 Å². The summed E-state index contributed by atoms with van der Waals surface area (Å²) in [5, 5.41) is 9.42. The van der Waals surface area contributed by atoms with Crippen molar-refractivity contribution in [2.75, 3.05) is 12.3 Å². The van der Waals surface area contributed by atoms with Crippen LogP contribution in [0.4, 0.5) is 5.69 Å². The van der Waals surface area contributed by atoms with Crippen LogP contribution in [0.3, 0.4) is 0 Å². The smallest absolute Gasteiger partial charge is 0.273 e. The third-order valence-electron chi connectivity index (χ3n) is 2.89. The second-order valence-corrected chi connectivity index (χ2v) is 4.81. The Morgan fingerprint density at radius 2 is 2.19 bits per heavy atom. The average molecular weight is 224 g/mol. The standard InChI is InChI=1S/C11H20N4O/c1-5-11(3,4)6-13-10(16)9-8(12)7(2)14-15-9/h5-6,12H2,1-4H3,(H,13,16)(H,14,15). The number of anilines is 1. The molecule has 0 aromatic carbocycles. The molecule has 1 aromatic heterocycles. The zero-order valence-corrected chi connectivity index (χ0v) is 10.3. The van der Waals surface area contributed by atoms with Gasteiger partial charge in [0, 0.05) is 6.54 Å². The quantitative estimate of drug-likeness (QED) is 0.724. The van der Waals surface area contributed by atoms with E-state index in [1.54, 1.807) is 6.92 Å². The maximum absolute atomic E-state index is 11.8. The summed E-state index contributed by atoms with van der Waals surface area (Å²) in [5.74, 6) is -0.219. The van der Waals surface area contributed by atoms with E-state index in [0.29, 0.717) is 12.2 Å². The lowest BCUT2D eigenvalue weighted by molar-refractivity contribution is 0.0931. The number of nitrogen functional groups attached to an aromatic ring is 1. The minimum absolute atomic E-state index is 0.0930. The summed E-state index contributed by atoms with van der Waals surface area (Å²) in [5.41, 5.74) is 7.24. The molecular formula is C11H20N4O. The van der Waals surface area contributed by atoms with Crippen molar-refractivity contribution in [3.05, 3.63) is 11.4 Å². The van der Waals surface area contributed by atoms with Crippen molar-refractivity contribution in [1.29, 1.82) is 0 Å². The number of carbonyl (C=O) groups excluding carboxylic acids is 1. The molecular weight excluding hydrogens is 204 g/mol. The molecule has 0 spiro atoms. The molecule has 1 aromatic rings. The number of hydrogen-bond donors (Lipinski definition) is 3. The first kappa shape index (κ1) is 12.5. The Balaban J connectivity index is 2.64. The number of nitrogens with two attached hydrogens (primary N) is 1. The van der Waals surface area contributed by atoms with E-state index in [4.69, 9.17) is 5.73 Å². The van der Waals surface area contributed by atoms with E-state index < -0.39 is 0 Å². The Morgan fingerprint density at radius 3 is 2.62 bits per heavy atom. The van der Waals surface area contributed by atoms with Gasteiger partial charge in [-0.15, -0.1) is 0 Å². The molecule has 16 heavy (non-hydrogen) atoms.